The number of aromatic nitrogens is 2. The van der Waals surface area contributed by atoms with Gasteiger partial charge in [0.1, 0.15) is 0 Å². The van der Waals surface area contributed by atoms with Gasteiger partial charge in [0.15, 0.2) is 6.10 Å². The first-order valence-electron chi connectivity index (χ1n) is 11.6. The van der Waals surface area contributed by atoms with Gasteiger partial charge in [0, 0.05) is 43.5 Å². The quantitative estimate of drug-likeness (QED) is 0.578. The van der Waals surface area contributed by atoms with E-state index in [2.05, 4.69) is 14.9 Å². The van der Waals surface area contributed by atoms with Gasteiger partial charge < -0.3 is 29.3 Å². The highest BCUT2D eigenvalue weighted by Crippen LogP contribution is 2.36. The van der Waals surface area contributed by atoms with Gasteiger partial charge in [0.2, 0.25) is 5.95 Å². The molecule has 3 aliphatic rings. The second kappa shape index (κ2) is 8.89. The summed E-state index contributed by atoms with van der Waals surface area (Å²) in [6.45, 7) is 9.50. The Balaban J connectivity index is 1.42. The molecule has 0 aromatic carbocycles. The van der Waals surface area contributed by atoms with Crippen molar-refractivity contribution in [3.8, 4) is 0 Å². The van der Waals surface area contributed by atoms with Crippen LogP contribution in [0.3, 0.4) is 0 Å². The van der Waals surface area contributed by atoms with Crippen LogP contribution in [-0.4, -0.2) is 87.7 Å². The Kier molecular flexibility index (Phi) is 6.51. The zero-order chi connectivity index (χ0) is 23.1. The summed E-state index contributed by atoms with van der Waals surface area (Å²) in [5.41, 5.74) is -0.0234. The maximum absolute atomic E-state index is 12.3. The molecule has 4 rings (SSSR count). The van der Waals surface area contributed by atoms with E-state index in [1.807, 2.05) is 27.7 Å². The lowest BCUT2D eigenvalue weighted by atomic mass is 9.81. The number of piperidine rings is 1. The number of hydrogen-bond donors (Lipinski definition) is 2. The lowest BCUT2D eigenvalue weighted by Gasteiger charge is -2.36. The van der Waals surface area contributed by atoms with Crippen molar-refractivity contribution < 1.29 is 24.3 Å². The molecule has 0 radical (unpaired) electrons. The summed E-state index contributed by atoms with van der Waals surface area (Å²) >= 11 is 0. The fourth-order valence-corrected chi connectivity index (χ4v) is 4.34. The van der Waals surface area contributed by atoms with E-state index >= 15 is 0 Å². The molecule has 2 saturated heterocycles. The van der Waals surface area contributed by atoms with Crippen molar-refractivity contribution in [2.24, 2.45) is 5.92 Å². The first kappa shape index (κ1) is 23.4. The molecule has 0 bridgehead atoms. The van der Waals surface area contributed by atoms with Gasteiger partial charge in [-0.05, 0) is 59.3 Å². The van der Waals surface area contributed by atoms with Crippen LogP contribution in [0.5, 0.6) is 0 Å². The summed E-state index contributed by atoms with van der Waals surface area (Å²) in [5, 5.41) is 18.8. The Morgan fingerprint density at radius 3 is 2.41 bits per heavy atom. The number of hydrogen-bond acceptors (Lipinski definition) is 8. The van der Waals surface area contributed by atoms with Gasteiger partial charge in [0.25, 0.3) is 5.91 Å². The Labute approximate surface area is 190 Å². The number of likely N-dealkylation sites (tertiary alicyclic amines) is 1. The number of carbonyl (C=O) groups is 1. The molecule has 3 heterocycles. The minimum atomic E-state index is -1.33. The Hall–Kier alpha value is -1.75. The summed E-state index contributed by atoms with van der Waals surface area (Å²) < 4.78 is 12.2. The minimum Gasteiger partial charge on any atom is -0.399 e. The second-order valence-corrected chi connectivity index (χ2v) is 10.3. The zero-order valence-corrected chi connectivity index (χ0v) is 19.5. The van der Waals surface area contributed by atoms with Crippen LogP contribution in [0.4, 0.5) is 5.95 Å². The Morgan fingerprint density at radius 1 is 1.22 bits per heavy atom. The van der Waals surface area contributed by atoms with Crippen LogP contribution in [0, 0.1) is 5.92 Å². The van der Waals surface area contributed by atoms with E-state index in [9.17, 15) is 9.90 Å². The van der Waals surface area contributed by atoms with E-state index < -0.39 is 36.9 Å². The molecule has 0 spiro atoms. The van der Waals surface area contributed by atoms with Gasteiger partial charge in [-0.15, -0.1) is 0 Å². The predicted octanol–water partition coefficient (Wildman–Crippen LogP) is 0.336. The molecule has 2 aliphatic heterocycles. The van der Waals surface area contributed by atoms with Gasteiger partial charge in [-0.3, -0.25) is 4.79 Å². The average Bonchev–Trinajstić information content (AvgIpc) is 3.58. The number of anilines is 1. The highest BCUT2D eigenvalue weighted by molar-refractivity contribution is 6.61. The van der Waals surface area contributed by atoms with Crippen LogP contribution in [0.25, 0.3) is 0 Å². The standard InChI is InChI=1S/C22H35BN4O5/c1-21(2)22(3,4)32-23(31-21)16-10-24-20(25-11-16)27(17-7-8-17)13-15-6-5-9-26(12-15)19(30)18(29)14-28/h10-11,15,17-18,28-29H,5-9,12-14H2,1-4H3/t15-,18+/m0/s1. The third-order valence-corrected chi connectivity index (χ3v) is 7.17. The van der Waals surface area contributed by atoms with Crippen molar-refractivity contribution in [2.45, 2.75) is 76.7 Å². The molecule has 10 heteroatoms. The lowest BCUT2D eigenvalue weighted by molar-refractivity contribution is -0.143. The number of amides is 1. The van der Waals surface area contributed by atoms with Crippen molar-refractivity contribution in [3.63, 3.8) is 0 Å². The molecule has 176 valence electrons. The molecule has 3 fully saturated rings. The van der Waals surface area contributed by atoms with Crippen LogP contribution in [0.2, 0.25) is 0 Å². The number of rotatable bonds is 7. The summed E-state index contributed by atoms with van der Waals surface area (Å²) in [7, 11) is -0.487. The van der Waals surface area contributed by atoms with E-state index in [1.165, 1.54) is 0 Å². The first-order valence-corrected chi connectivity index (χ1v) is 11.6. The number of carbonyl (C=O) groups excluding carboxylic acids is 1. The molecule has 9 nitrogen and oxygen atoms in total. The van der Waals surface area contributed by atoms with E-state index in [0.717, 1.165) is 37.7 Å². The molecular formula is C22H35BN4O5. The minimum absolute atomic E-state index is 0.269. The molecule has 32 heavy (non-hydrogen) atoms. The monoisotopic (exact) mass is 446 g/mol. The van der Waals surface area contributed by atoms with Gasteiger partial charge in [0.05, 0.1) is 17.8 Å². The van der Waals surface area contributed by atoms with E-state index in [0.29, 0.717) is 25.1 Å². The highest BCUT2D eigenvalue weighted by atomic mass is 16.7. The van der Waals surface area contributed by atoms with Gasteiger partial charge in [-0.25, -0.2) is 9.97 Å². The maximum atomic E-state index is 12.3. The van der Waals surface area contributed by atoms with E-state index in [1.54, 1.807) is 17.3 Å². The van der Waals surface area contributed by atoms with Crippen molar-refractivity contribution in [2.75, 3.05) is 31.1 Å². The molecule has 2 N–H and O–H groups in total. The predicted molar refractivity (Wildman–Crippen MR) is 121 cm³/mol. The van der Waals surface area contributed by atoms with Crippen LogP contribution >= 0.6 is 0 Å². The summed E-state index contributed by atoms with van der Waals surface area (Å²) in [5.74, 6) is 0.565. The third-order valence-electron chi connectivity index (χ3n) is 7.17. The smallest absolute Gasteiger partial charge is 0.399 e. The zero-order valence-electron chi connectivity index (χ0n) is 19.5. The first-order chi connectivity index (χ1) is 15.1. The number of aliphatic hydroxyl groups is 2. The van der Waals surface area contributed by atoms with Gasteiger partial charge >= 0.3 is 7.12 Å². The molecule has 1 aromatic rings. The fraction of sp³-hybridized carbons (Fsp3) is 0.773. The van der Waals surface area contributed by atoms with E-state index in [4.69, 9.17) is 14.4 Å². The van der Waals surface area contributed by atoms with E-state index in [-0.39, 0.29) is 5.92 Å². The molecule has 1 amide bonds. The number of nitrogens with zero attached hydrogens (tertiary/aromatic N) is 4. The van der Waals surface area contributed by atoms with Crippen molar-refractivity contribution >= 4 is 24.4 Å². The van der Waals surface area contributed by atoms with Crippen LogP contribution in [-0.2, 0) is 14.1 Å². The van der Waals surface area contributed by atoms with Crippen LogP contribution < -0.4 is 10.4 Å². The summed E-state index contributed by atoms with van der Waals surface area (Å²) in [4.78, 5) is 25.5. The third kappa shape index (κ3) is 4.78. The summed E-state index contributed by atoms with van der Waals surface area (Å²) in [6.07, 6.45) is 6.35. The topological polar surface area (TPSA) is 108 Å². The number of aliphatic hydroxyl groups excluding tert-OH is 2. The largest absolute Gasteiger partial charge is 0.498 e. The van der Waals surface area contributed by atoms with Crippen molar-refractivity contribution in [1.82, 2.24) is 14.9 Å². The Morgan fingerprint density at radius 2 is 1.84 bits per heavy atom. The SMILES string of the molecule is CC1(C)OB(c2cnc(N(C[C@H]3CCCN(C(=O)[C@H](O)CO)C3)C3CC3)nc2)OC1(C)C. The normalized spacial score (nSPS) is 25.6. The Bertz CT molecular complexity index is 801. The average molecular weight is 446 g/mol. The van der Waals surface area contributed by atoms with Gasteiger partial charge in [-0.2, -0.15) is 0 Å². The summed E-state index contributed by atoms with van der Waals surface area (Å²) in [6, 6.07) is 0.423. The second-order valence-electron chi connectivity index (χ2n) is 10.3. The molecule has 1 aliphatic carbocycles. The van der Waals surface area contributed by atoms with Crippen molar-refractivity contribution in [1.29, 1.82) is 0 Å². The lowest BCUT2D eigenvalue weighted by Crippen LogP contribution is -2.48. The molecule has 0 unspecified atom stereocenters. The maximum Gasteiger partial charge on any atom is 0.498 e. The van der Waals surface area contributed by atoms with Crippen molar-refractivity contribution in [3.05, 3.63) is 12.4 Å². The molecule has 1 saturated carbocycles. The highest BCUT2D eigenvalue weighted by Gasteiger charge is 2.52. The van der Waals surface area contributed by atoms with Gasteiger partial charge in [-0.1, -0.05) is 0 Å². The fourth-order valence-electron chi connectivity index (χ4n) is 4.34. The molecule has 2 atom stereocenters. The van der Waals surface area contributed by atoms with Crippen LogP contribution in [0.15, 0.2) is 12.4 Å². The molecular weight excluding hydrogens is 411 g/mol. The molecule has 1 aromatic heterocycles. The van der Waals surface area contributed by atoms with Crippen LogP contribution in [0.1, 0.15) is 53.4 Å².